The maximum absolute atomic E-state index is 2.45. The van der Waals surface area contributed by atoms with Gasteiger partial charge in [0.15, 0.2) is 0 Å². The van der Waals surface area contributed by atoms with E-state index in [1.54, 1.807) is 11.1 Å². The van der Waals surface area contributed by atoms with Crippen LogP contribution in [-0.2, 0) is 6.42 Å². The van der Waals surface area contributed by atoms with Crippen molar-refractivity contribution in [2.45, 2.75) is 52.4 Å². The predicted octanol–water partition coefficient (Wildman–Crippen LogP) is 4.94. The zero-order valence-corrected chi connectivity index (χ0v) is 10.7. The van der Waals surface area contributed by atoms with Crippen LogP contribution in [0.2, 0.25) is 0 Å². The summed E-state index contributed by atoms with van der Waals surface area (Å²) in [5.41, 5.74) is 6.03. The lowest BCUT2D eigenvalue weighted by Gasteiger charge is -2.19. The van der Waals surface area contributed by atoms with E-state index in [1.807, 2.05) is 0 Å². The lowest BCUT2D eigenvalue weighted by atomic mass is 9.86. The molecule has 0 bridgehead atoms. The molecule has 0 spiro atoms. The monoisotopic (exact) mass is 214 g/mol. The van der Waals surface area contributed by atoms with E-state index in [0.29, 0.717) is 0 Å². The summed E-state index contributed by atoms with van der Waals surface area (Å²) >= 11 is 0. The Bertz CT molecular complexity index is 394. The molecule has 0 amide bonds. The number of allylic oxidation sites excluding steroid dienone is 2. The highest BCUT2D eigenvalue weighted by Crippen LogP contribution is 2.30. The third-order valence-corrected chi connectivity index (χ3v) is 3.88. The first-order valence-corrected chi connectivity index (χ1v) is 6.56. The van der Waals surface area contributed by atoms with E-state index >= 15 is 0 Å². The highest BCUT2D eigenvalue weighted by Gasteiger charge is 2.13. The first-order valence-electron chi connectivity index (χ1n) is 6.56. The van der Waals surface area contributed by atoms with Crippen molar-refractivity contribution in [1.82, 2.24) is 0 Å². The van der Waals surface area contributed by atoms with Crippen LogP contribution in [0.3, 0.4) is 0 Å². The summed E-state index contributed by atoms with van der Waals surface area (Å²) in [5, 5.41) is 0. The average Bonchev–Trinajstić information content (AvgIpc) is 2.31. The highest BCUT2D eigenvalue weighted by atomic mass is 14.2. The summed E-state index contributed by atoms with van der Waals surface area (Å²) in [4.78, 5) is 0. The minimum atomic E-state index is 0.747. The second-order valence-corrected chi connectivity index (χ2v) is 4.86. The van der Waals surface area contributed by atoms with Crippen molar-refractivity contribution in [1.29, 1.82) is 0 Å². The van der Waals surface area contributed by atoms with Crippen molar-refractivity contribution in [3.63, 3.8) is 0 Å². The molecule has 0 saturated heterocycles. The Labute approximate surface area is 99.4 Å². The number of benzene rings is 1. The molecule has 0 nitrogen and oxygen atoms in total. The lowest BCUT2D eigenvalue weighted by Crippen LogP contribution is -2.02. The van der Waals surface area contributed by atoms with Crippen LogP contribution in [0.4, 0.5) is 0 Å². The van der Waals surface area contributed by atoms with Gasteiger partial charge in [-0.3, -0.25) is 0 Å². The zero-order chi connectivity index (χ0) is 11.5. The Morgan fingerprint density at radius 3 is 2.62 bits per heavy atom. The number of hydrogen-bond acceptors (Lipinski definition) is 0. The van der Waals surface area contributed by atoms with Crippen molar-refractivity contribution >= 4 is 5.57 Å². The molecule has 1 aliphatic rings. The molecule has 86 valence electrons. The molecule has 0 aromatic heterocycles. The first kappa shape index (κ1) is 11.4. The Morgan fingerprint density at radius 1 is 1.19 bits per heavy atom. The van der Waals surface area contributed by atoms with Gasteiger partial charge in [0.05, 0.1) is 0 Å². The lowest BCUT2D eigenvalue weighted by molar-refractivity contribution is 0.640. The summed E-state index contributed by atoms with van der Waals surface area (Å²) < 4.78 is 0. The summed E-state index contributed by atoms with van der Waals surface area (Å²) in [5.74, 6) is 0.747. The van der Waals surface area contributed by atoms with E-state index in [4.69, 9.17) is 0 Å². The number of aryl methyl sites for hydroxylation is 1. The molecule has 0 N–H and O–H groups in total. The summed E-state index contributed by atoms with van der Waals surface area (Å²) in [6.45, 7) is 6.81. The number of rotatable bonds is 3. The average molecular weight is 214 g/mol. The van der Waals surface area contributed by atoms with Gasteiger partial charge in [-0.25, -0.2) is 0 Å². The van der Waals surface area contributed by atoms with Gasteiger partial charge in [-0.05, 0) is 60.8 Å². The SMILES string of the molecule is CCC(CC)c1ccc2c(c1)CCC=C2C. The zero-order valence-electron chi connectivity index (χ0n) is 10.7. The normalized spacial score (nSPS) is 14.9. The van der Waals surface area contributed by atoms with E-state index in [2.05, 4.69) is 45.0 Å². The van der Waals surface area contributed by atoms with E-state index in [1.165, 1.54) is 36.8 Å². The van der Waals surface area contributed by atoms with Crippen LogP contribution in [0.15, 0.2) is 24.3 Å². The highest BCUT2D eigenvalue weighted by molar-refractivity contribution is 5.68. The van der Waals surface area contributed by atoms with Gasteiger partial charge in [-0.2, -0.15) is 0 Å². The maximum Gasteiger partial charge on any atom is -0.0167 e. The largest absolute Gasteiger partial charge is 0.0807 e. The van der Waals surface area contributed by atoms with Gasteiger partial charge in [-0.1, -0.05) is 38.1 Å². The van der Waals surface area contributed by atoms with Crippen molar-refractivity contribution in [3.05, 3.63) is 41.0 Å². The standard InChI is InChI=1S/C16H22/c1-4-13(5-2)14-9-10-16-12(3)7-6-8-15(16)11-14/h7,9-11,13H,4-6,8H2,1-3H3. The Morgan fingerprint density at radius 2 is 1.94 bits per heavy atom. The molecule has 0 unspecified atom stereocenters. The minimum Gasteiger partial charge on any atom is -0.0807 e. The molecular weight excluding hydrogens is 192 g/mol. The van der Waals surface area contributed by atoms with Gasteiger partial charge in [0.25, 0.3) is 0 Å². The smallest absolute Gasteiger partial charge is 0.0167 e. The third kappa shape index (κ3) is 2.07. The first-order chi connectivity index (χ1) is 7.76. The Hall–Kier alpha value is -1.04. The Kier molecular flexibility index (Phi) is 3.48. The molecular formula is C16H22. The van der Waals surface area contributed by atoms with Gasteiger partial charge < -0.3 is 0 Å². The van der Waals surface area contributed by atoms with E-state index in [9.17, 15) is 0 Å². The molecule has 0 heterocycles. The van der Waals surface area contributed by atoms with Crippen LogP contribution in [0.1, 0.15) is 62.6 Å². The number of fused-ring (bicyclic) bond motifs is 1. The van der Waals surface area contributed by atoms with Crippen molar-refractivity contribution < 1.29 is 0 Å². The molecule has 1 aromatic carbocycles. The quantitative estimate of drug-likeness (QED) is 0.668. The van der Waals surface area contributed by atoms with E-state index in [0.717, 1.165) is 5.92 Å². The molecule has 16 heavy (non-hydrogen) atoms. The van der Waals surface area contributed by atoms with Crippen molar-refractivity contribution in [2.24, 2.45) is 0 Å². The van der Waals surface area contributed by atoms with Crippen LogP contribution in [-0.4, -0.2) is 0 Å². The van der Waals surface area contributed by atoms with Gasteiger partial charge in [-0.15, -0.1) is 0 Å². The van der Waals surface area contributed by atoms with E-state index < -0.39 is 0 Å². The van der Waals surface area contributed by atoms with Crippen LogP contribution < -0.4 is 0 Å². The van der Waals surface area contributed by atoms with E-state index in [-0.39, 0.29) is 0 Å². The van der Waals surface area contributed by atoms with Gasteiger partial charge in [0, 0.05) is 0 Å². The fourth-order valence-corrected chi connectivity index (χ4v) is 2.77. The van der Waals surface area contributed by atoms with Crippen molar-refractivity contribution in [3.8, 4) is 0 Å². The van der Waals surface area contributed by atoms with Crippen LogP contribution >= 0.6 is 0 Å². The summed E-state index contributed by atoms with van der Waals surface area (Å²) in [6, 6.07) is 7.11. The third-order valence-electron chi connectivity index (χ3n) is 3.88. The molecule has 0 fully saturated rings. The van der Waals surface area contributed by atoms with Gasteiger partial charge in [0.1, 0.15) is 0 Å². The van der Waals surface area contributed by atoms with Gasteiger partial charge in [0.2, 0.25) is 0 Å². The fraction of sp³-hybridized carbons (Fsp3) is 0.500. The molecule has 0 heteroatoms. The molecule has 0 atom stereocenters. The van der Waals surface area contributed by atoms with Crippen LogP contribution in [0, 0.1) is 0 Å². The maximum atomic E-state index is 2.45. The molecule has 0 radical (unpaired) electrons. The number of hydrogen-bond donors (Lipinski definition) is 0. The second kappa shape index (κ2) is 4.86. The summed E-state index contributed by atoms with van der Waals surface area (Å²) in [6.07, 6.45) is 7.30. The van der Waals surface area contributed by atoms with Crippen LogP contribution in [0.25, 0.3) is 5.57 Å². The molecule has 2 rings (SSSR count). The molecule has 0 aliphatic heterocycles. The molecule has 1 aromatic rings. The summed E-state index contributed by atoms with van der Waals surface area (Å²) in [7, 11) is 0. The fourth-order valence-electron chi connectivity index (χ4n) is 2.77. The minimum absolute atomic E-state index is 0.747. The predicted molar refractivity (Wildman–Crippen MR) is 71.7 cm³/mol. The van der Waals surface area contributed by atoms with Crippen LogP contribution in [0.5, 0.6) is 0 Å². The Balaban J connectivity index is 2.36. The second-order valence-electron chi connectivity index (χ2n) is 4.86. The topological polar surface area (TPSA) is 0 Å². The molecule has 1 aliphatic carbocycles. The van der Waals surface area contributed by atoms with Crippen molar-refractivity contribution in [2.75, 3.05) is 0 Å². The van der Waals surface area contributed by atoms with Gasteiger partial charge >= 0.3 is 0 Å². The molecule has 0 saturated carbocycles.